The van der Waals surface area contributed by atoms with Crippen molar-refractivity contribution in [3.05, 3.63) is 33.4 Å². The van der Waals surface area contributed by atoms with Crippen LogP contribution >= 0.6 is 0 Å². The molecule has 0 fully saturated rings. The van der Waals surface area contributed by atoms with E-state index in [9.17, 15) is 14.9 Å². The molecule has 6 heteroatoms. The molecule has 0 aliphatic carbocycles. The number of nitro benzene ring substituents is 1. The second kappa shape index (κ2) is 4.61. The second-order valence-corrected chi connectivity index (χ2v) is 3.08. The van der Waals surface area contributed by atoms with Gasteiger partial charge in [0.05, 0.1) is 17.1 Å². The Morgan fingerprint density at radius 1 is 1.56 bits per heavy atom. The zero-order chi connectivity index (χ0) is 12.3. The summed E-state index contributed by atoms with van der Waals surface area (Å²) < 4.78 is 5.13. The van der Waals surface area contributed by atoms with Crippen molar-refractivity contribution in [3.8, 4) is 5.75 Å². The van der Waals surface area contributed by atoms with Gasteiger partial charge in [-0.3, -0.25) is 10.1 Å². The predicted molar refractivity (Wildman–Crippen MR) is 56.0 cm³/mol. The van der Waals surface area contributed by atoms with Crippen molar-refractivity contribution in [2.75, 3.05) is 6.61 Å². The Bertz CT molecular complexity index is 441. The average molecular weight is 225 g/mol. The third-order valence-corrected chi connectivity index (χ3v) is 2.09. The molecule has 86 valence electrons. The fourth-order valence-corrected chi connectivity index (χ4v) is 1.38. The maximum absolute atomic E-state index is 10.9. The molecular weight excluding hydrogens is 214 g/mol. The monoisotopic (exact) mass is 225 g/mol. The molecule has 1 rings (SSSR count). The summed E-state index contributed by atoms with van der Waals surface area (Å²) in [4.78, 5) is 21.0. The molecule has 16 heavy (non-hydrogen) atoms. The average Bonchev–Trinajstić information content (AvgIpc) is 2.20. The normalized spacial score (nSPS) is 9.88. The van der Waals surface area contributed by atoms with Crippen LogP contribution in [0.25, 0.3) is 0 Å². The van der Waals surface area contributed by atoms with Gasteiger partial charge in [-0.25, -0.2) is 4.79 Å². The maximum atomic E-state index is 10.9. The number of ether oxygens (including phenoxy) is 1. The van der Waals surface area contributed by atoms with Gasteiger partial charge in [0.15, 0.2) is 0 Å². The first-order chi connectivity index (χ1) is 7.49. The van der Waals surface area contributed by atoms with Crippen LogP contribution in [0, 0.1) is 17.0 Å². The largest absolute Gasteiger partial charge is 0.492 e. The fourth-order valence-electron chi connectivity index (χ4n) is 1.38. The maximum Gasteiger partial charge on any atom is 0.339 e. The SMILES string of the molecule is CCOc1c(C(=O)O)ccc([N+](=O)[O-])c1C. The van der Waals surface area contributed by atoms with Crippen molar-refractivity contribution in [1.82, 2.24) is 0 Å². The van der Waals surface area contributed by atoms with Crippen molar-refractivity contribution in [2.45, 2.75) is 13.8 Å². The Morgan fingerprint density at radius 3 is 2.62 bits per heavy atom. The lowest BCUT2D eigenvalue weighted by molar-refractivity contribution is -0.385. The molecule has 0 bridgehead atoms. The molecule has 0 radical (unpaired) electrons. The van der Waals surface area contributed by atoms with Gasteiger partial charge >= 0.3 is 5.97 Å². The summed E-state index contributed by atoms with van der Waals surface area (Å²) in [5, 5.41) is 19.6. The van der Waals surface area contributed by atoms with Gasteiger partial charge in [-0.2, -0.15) is 0 Å². The van der Waals surface area contributed by atoms with Crippen LogP contribution < -0.4 is 4.74 Å². The first-order valence-electron chi connectivity index (χ1n) is 4.63. The van der Waals surface area contributed by atoms with Gasteiger partial charge in [-0.1, -0.05) is 0 Å². The van der Waals surface area contributed by atoms with Gasteiger partial charge in [0.2, 0.25) is 0 Å². The highest BCUT2D eigenvalue weighted by molar-refractivity contribution is 5.92. The van der Waals surface area contributed by atoms with E-state index >= 15 is 0 Å². The first kappa shape index (κ1) is 12.0. The van der Waals surface area contributed by atoms with Crippen LogP contribution in [-0.2, 0) is 0 Å². The van der Waals surface area contributed by atoms with Crippen molar-refractivity contribution in [3.63, 3.8) is 0 Å². The number of nitrogens with zero attached hydrogens (tertiary/aromatic N) is 1. The summed E-state index contributed by atoms with van der Waals surface area (Å²) in [6.07, 6.45) is 0. The zero-order valence-corrected chi connectivity index (χ0v) is 8.89. The molecule has 0 aliphatic rings. The molecule has 6 nitrogen and oxygen atoms in total. The third kappa shape index (κ3) is 2.10. The number of benzene rings is 1. The van der Waals surface area contributed by atoms with Crippen LogP contribution in [0.5, 0.6) is 5.75 Å². The molecule has 0 spiro atoms. The highest BCUT2D eigenvalue weighted by Gasteiger charge is 2.21. The zero-order valence-electron chi connectivity index (χ0n) is 8.89. The van der Waals surface area contributed by atoms with E-state index in [-0.39, 0.29) is 29.2 Å². The molecule has 1 aromatic carbocycles. The lowest BCUT2D eigenvalue weighted by Crippen LogP contribution is -2.06. The molecule has 0 atom stereocenters. The van der Waals surface area contributed by atoms with E-state index in [2.05, 4.69) is 0 Å². The summed E-state index contributed by atoms with van der Waals surface area (Å²) >= 11 is 0. The Labute approximate surface area is 91.6 Å². The molecule has 0 saturated heterocycles. The predicted octanol–water partition coefficient (Wildman–Crippen LogP) is 2.00. The van der Waals surface area contributed by atoms with Crippen LogP contribution in [0.15, 0.2) is 12.1 Å². The van der Waals surface area contributed by atoms with Gasteiger partial charge in [0.25, 0.3) is 5.69 Å². The Hall–Kier alpha value is -2.11. The molecule has 1 aromatic rings. The van der Waals surface area contributed by atoms with Crippen LogP contribution in [0.3, 0.4) is 0 Å². The number of aromatic carboxylic acids is 1. The lowest BCUT2D eigenvalue weighted by atomic mass is 10.1. The molecule has 0 heterocycles. The molecule has 0 aliphatic heterocycles. The Kier molecular flexibility index (Phi) is 3.44. The lowest BCUT2D eigenvalue weighted by Gasteiger charge is -2.10. The van der Waals surface area contributed by atoms with E-state index in [4.69, 9.17) is 9.84 Å². The summed E-state index contributed by atoms with van der Waals surface area (Å²) in [6, 6.07) is 2.35. The summed E-state index contributed by atoms with van der Waals surface area (Å²) in [5.41, 5.74) is 0.0187. The Balaban J connectivity index is 3.41. The van der Waals surface area contributed by atoms with Gasteiger partial charge < -0.3 is 9.84 Å². The number of carboxylic acid groups (broad SMARTS) is 1. The smallest absolute Gasteiger partial charge is 0.339 e. The van der Waals surface area contributed by atoms with Crippen LogP contribution in [0.2, 0.25) is 0 Å². The number of carboxylic acids is 1. The van der Waals surface area contributed by atoms with Crippen molar-refractivity contribution in [1.29, 1.82) is 0 Å². The van der Waals surface area contributed by atoms with Crippen LogP contribution in [0.4, 0.5) is 5.69 Å². The number of hydrogen-bond acceptors (Lipinski definition) is 4. The summed E-state index contributed by atoms with van der Waals surface area (Å²) in [7, 11) is 0. The summed E-state index contributed by atoms with van der Waals surface area (Å²) in [5.74, 6) is -1.11. The van der Waals surface area contributed by atoms with Crippen molar-refractivity contribution in [2.24, 2.45) is 0 Å². The molecule has 1 N–H and O–H groups in total. The minimum Gasteiger partial charge on any atom is -0.492 e. The van der Waals surface area contributed by atoms with E-state index in [0.29, 0.717) is 0 Å². The second-order valence-electron chi connectivity index (χ2n) is 3.08. The molecule has 0 aromatic heterocycles. The number of rotatable bonds is 4. The minimum absolute atomic E-state index is 0.0594. The fraction of sp³-hybridized carbons (Fsp3) is 0.300. The number of carbonyl (C=O) groups is 1. The van der Waals surface area contributed by atoms with E-state index < -0.39 is 10.9 Å². The molecular formula is C10H11NO5. The van der Waals surface area contributed by atoms with Crippen molar-refractivity contribution >= 4 is 11.7 Å². The van der Waals surface area contributed by atoms with Crippen LogP contribution in [0.1, 0.15) is 22.8 Å². The molecule has 0 saturated carbocycles. The quantitative estimate of drug-likeness (QED) is 0.625. The van der Waals surface area contributed by atoms with Crippen molar-refractivity contribution < 1.29 is 19.6 Å². The van der Waals surface area contributed by atoms with Gasteiger partial charge in [-0.15, -0.1) is 0 Å². The van der Waals surface area contributed by atoms with Gasteiger partial charge in [-0.05, 0) is 19.9 Å². The van der Waals surface area contributed by atoms with E-state index in [0.717, 1.165) is 0 Å². The Morgan fingerprint density at radius 2 is 2.19 bits per heavy atom. The van der Waals surface area contributed by atoms with Crippen LogP contribution in [-0.4, -0.2) is 22.6 Å². The topological polar surface area (TPSA) is 89.7 Å². The van der Waals surface area contributed by atoms with Gasteiger partial charge in [0.1, 0.15) is 11.3 Å². The van der Waals surface area contributed by atoms with E-state index in [1.165, 1.54) is 19.1 Å². The minimum atomic E-state index is -1.17. The first-order valence-corrected chi connectivity index (χ1v) is 4.63. The van der Waals surface area contributed by atoms with Gasteiger partial charge in [0, 0.05) is 6.07 Å². The standard InChI is InChI=1S/C10H11NO5/c1-3-16-9-6(2)8(11(14)15)5-4-7(9)10(12)13/h4-5H,3H2,1-2H3,(H,12,13). The van der Waals surface area contributed by atoms with E-state index in [1.54, 1.807) is 6.92 Å². The van der Waals surface area contributed by atoms with E-state index in [1.807, 2.05) is 0 Å². The number of nitro groups is 1. The molecule has 0 amide bonds. The third-order valence-electron chi connectivity index (χ3n) is 2.09. The molecule has 0 unspecified atom stereocenters. The highest BCUT2D eigenvalue weighted by atomic mass is 16.6. The summed E-state index contributed by atoms with van der Waals surface area (Å²) in [6.45, 7) is 3.40. The number of hydrogen-bond donors (Lipinski definition) is 1. The highest BCUT2D eigenvalue weighted by Crippen LogP contribution is 2.31.